The number of aromatic nitrogens is 3. The Hall–Kier alpha value is -1.96. The molecule has 0 bridgehead atoms. The van der Waals surface area contributed by atoms with E-state index < -0.39 is 0 Å². The highest BCUT2D eigenvalue weighted by Gasteiger charge is 2.36. The van der Waals surface area contributed by atoms with Crippen LogP contribution in [0.4, 0.5) is 5.13 Å². The first-order valence-electron chi connectivity index (χ1n) is 8.96. The molecule has 0 aromatic carbocycles. The third kappa shape index (κ3) is 3.03. The molecule has 2 aliphatic heterocycles. The molecule has 0 N–H and O–H groups in total. The van der Waals surface area contributed by atoms with Crippen LogP contribution in [0.25, 0.3) is 4.96 Å². The summed E-state index contributed by atoms with van der Waals surface area (Å²) in [5.41, 5.74) is 0.522. The predicted molar refractivity (Wildman–Crippen MR) is 97.2 cm³/mol. The van der Waals surface area contributed by atoms with Gasteiger partial charge in [0, 0.05) is 31.4 Å². The molecule has 25 heavy (non-hydrogen) atoms. The van der Waals surface area contributed by atoms with Gasteiger partial charge in [-0.2, -0.15) is 4.52 Å². The van der Waals surface area contributed by atoms with Crippen molar-refractivity contribution >= 4 is 27.3 Å². The van der Waals surface area contributed by atoms with Crippen molar-refractivity contribution in [3.05, 3.63) is 22.1 Å². The van der Waals surface area contributed by atoms with Crippen LogP contribution >= 0.6 is 11.3 Å². The summed E-state index contributed by atoms with van der Waals surface area (Å²) in [6.07, 6.45) is 3.98. The molecule has 7 nitrogen and oxygen atoms in total. The van der Waals surface area contributed by atoms with Crippen LogP contribution in [-0.4, -0.2) is 51.1 Å². The number of carbonyl (C=O) groups is 1. The standard InChI is InChI=1S/C17H23N5O2S/c1-11-5-8-20(9-6-11)15(24)13-4-3-7-21(13)17-19-22-14(23)10-12(2)18-16(22)25-17/h10-11,13H,3-9H2,1-2H3/t13-/m1/s1. The quantitative estimate of drug-likeness (QED) is 0.814. The molecule has 2 saturated heterocycles. The predicted octanol–water partition coefficient (Wildman–Crippen LogP) is 1.69. The Morgan fingerprint density at radius 1 is 1.24 bits per heavy atom. The fourth-order valence-corrected chi connectivity index (χ4v) is 4.75. The van der Waals surface area contributed by atoms with Gasteiger partial charge in [-0.15, -0.1) is 5.10 Å². The second-order valence-corrected chi connectivity index (χ2v) is 8.11. The maximum atomic E-state index is 13.0. The van der Waals surface area contributed by atoms with Gasteiger partial charge in [0.1, 0.15) is 6.04 Å². The van der Waals surface area contributed by atoms with Crippen LogP contribution < -0.4 is 10.5 Å². The van der Waals surface area contributed by atoms with Crippen molar-refractivity contribution in [3.8, 4) is 0 Å². The minimum Gasteiger partial charge on any atom is -0.341 e. The maximum Gasteiger partial charge on any atom is 0.275 e. The zero-order valence-electron chi connectivity index (χ0n) is 14.6. The van der Waals surface area contributed by atoms with Crippen molar-refractivity contribution in [2.45, 2.75) is 45.6 Å². The van der Waals surface area contributed by atoms with Gasteiger partial charge in [0.2, 0.25) is 16.0 Å². The van der Waals surface area contributed by atoms with Gasteiger partial charge in [-0.25, -0.2) is 4.98 Å². The first-order valence-corrected chi connectivity index (χ1v) is 9.77. The van der Waals surface area contributed by atoms with Gasteiger partial charge in [-0.05, 0) is 38.5 Å². The van der Waals surface area contributed by atoms with Crippen LogP contribution in [0.1, 0.15) is 38.3 Å². The highest BCUT2D eigenvalue weighted by molar-refractivity contribution is 7.20. The molecule has 2 fully saturated rings. The molecule has 4 rings (SSSR count). The highest BCUT2D eigenvalue weighted by atomic mass is 32.1. The second kappa shape index (κ2) is 6.40. The molecule has 2 aromatic heterocycles. The Morgan fingerprint density at radius 2 is 2.00 bits per heavy atom. The van der Waals surface area contributed by atoms with Crippen molar-refractivity contribution in [2.24, 2.45) is 5.92 Å². The SMILES string of the molecule is Cc1cc(=O)n2nc(N3CCC[C@@H]3C(=O)N3CCC(C)CC3)sc2n1. The third-order valence-corrected chi connectivity index (χ3v) is 6.19. The number of amides is 1. The first kappa shape index (κ1) is 16.5. The lowest BCUT2D eigenvalue weighted by Gasteiger charge is -2.34. The van der Waals surface area contributed by atoms with Crippen molar-refractivity contribution in [3.63, 3.8) is 0 Å². The number of fused-ring (bicyclic) bond motifs is 1. The van der Waals surface area contributed by atoms with Crippen molar-refractivity contribution in [1.82, 2.24) is 19.5 Å². The summed E-state index contributed by atoms with van der Waals surface area (Å²) in [5, 5.41) is 5.16. The Balaban J connectivity index is 1.60. The summed E-state index contributed by atoms with van der Waals surface area (Å²) >= 11 is 1.39. The highest BCUT2D eigenvalue weighted by Crippen LogP contribution is 2.30. The maximum absolute atomic E-state index is 13.0. The van der Waals surface area contributed by atoms with Gasteiger partial charge in [0.25, 0.3) is 5.56 Å². The number of nitrogens with zero attached hydrogens (tertiary/aromatic N) is 5. The van der Waals surface area contributed by atoms with Crippen molar-refractivity contribution < 1.29 is 4.79 Å². The van der Waals surface area contributed by atoms with E-state index in [0.29, 0.717) is 16.6 Å². The summed E-state index contributed by atoms with van der Waals surface area (Å²) in [4.78, 5) is 34.1. The Labute approximate surface area is 150 Å². The van der Waals surface area contributed by atoms with E-state index in [9.17, 15) is 9.59 Å². The molecule has 4 heterocycles. The zero-order valence-corrected chi connectivity index (χ0v) is 15.5. The van der Waals surface area contributed by atoms with E-state index >= 15 is 0 Å². The molecular formula is C17H23N5O2S. The van der Waals surface area contributed by atoms with Crippen molar-refractivity contribution in [1.29, 1.82) is 0 Å². The van der Waals surface area contributed by atoms with Crippen LogP contribution in [-0.2, 0) is 4.79 Å². The molecular weight excluding hydrogens is 338 g/mol. The zero-order chi connectivity index (χ0) is 17.6. The minimum absolute atomic E-state index is 0.161. The fraction of sp³-hybridized carbons (Fsp3) is 0.647. The number of likely N-dealkylation sites (tertiary alicyclic amines) is 1. The average molecular weight is 361 g/mol. The monoisotopic (exact) mass is 361 g/mol. The van der Waals surface area contributed by atoms with E-state index in [2.05, 4.69) is 21.9 Å². The Bertz CT molecular complexity index is 852. The van der Waals surface area contributed by atoms with Crippen LogP contribution in [0.3, 0.4) is 0 Å². The van der Waals surface area contributed by atoms with E-state index in [-0.39, 0.29) is 17.5 Å². The number of aryl methyl sites for hydroxylation is 1. The molecule has 2 aromatic rings. The number of hydrogen-bond acceptors (Lipinski definition) is 6. The molecule has 1 atom stereocenters. The van der Waals surface area contributed by atoms with Gasteiger partial charge < -0.3 is 9.80 Å². The van der Waals surface area contributed by atoms with Crippen LogP contribution in [0, 0.1) is 12.8 Å². The lowest BCUT2D eigenvalue weighted by Crippen LogP contribution is -2.48. The number of hydrogen-bond donors (Lipinski definition) is 0. The Morgan fingerprint density at radius 3 is 2.76 bits per heavy atom. The van der Waals surface area contributed by atoms with E-state index in [4.69, 9.17) is 0 Å². The number of anilines is 1. The summed E-state index contributed by atoms with van der Waals surface area (Å²) in [7, 11) is 0. The lowest BCUT2D eigenvalue weighted by atomic mass is 9.98. The van der Waals surface area contributed by atoms with Gasteiger partial charge in [0.05, 0.1) is 0 Å². The number of rotatable bonds is 2. The smallest absolute Gasteiger partial charge is 0.275 e. The van der Waals surface area contributed by atoms with Crippen molar-refractivity contribution in [2.75, 3.05) is 24.5 Å². The average Bonchev–Trinajstić information content (AvgIpc) is 3.21. The fourth-order valence-electron chi connectivity index (χ4n) is 3.72. The number of carbonyl (C=O) groups excluding carboxylic acids is 1. The second-order valence-electron chi connectivity index (χ2n) is 7.17. The van der Waals surface area contributed by atoms with Crippen LogP contribution in [0.15, 0.2) is 10.9 Å². The first-order chi connectivity index (χ1) is 12.0. The van der Waals surface area contributed by atoms with E-state index in [1.807, 2.05) is 4.90 Å². The molecule has 2 aliphatic rings. The van der Waals surface area contributed by atoms with E-state index in [0.717, 1.165) is 50.4 Å². The third-order valence-electron chi connectivity index (χ3n) is 5.24. The summed E-state index contributed by atoms with van der Waals surface area (Å²) in [6, 6.07) is 1.32. The van der Waals surface area contributed by atoms with Gasteiger partial charge in [-0.3, -0.25) is 9.59 Å². The molecule has 8 heteroatoms. The van der Waals surface area contributed by atoms with E-state index in [1.165, 1.54) is 21.9 Å². The van der Waals surface area contributed by atoms with Crippen LogP contribution in [0.2, 0.25) is 0 Å². The summed E-state index contributed by atoms with van der Waals surface area (Å²) < 4.78 is 1.34. The van der Waals surface area contributed by atoms with Crippen LogP contribution in [0.5, 0.6) is 0 Å². The molecule has 134 valence electrons. The normalized spacial score (nSPS) is 22.1. The van der Waals surface area contributed by atoms with E-state index in [1.54, 1.807) is 6.92 Å². The lowest BCUT2D eigenvalue weighted by molar-refractivity contribution is -0.133. The van der Waals surface area contributed by atoms with Gasteiger partial charge in [-0.1, -0.05) is 18.3 Å². The number of piperidine rings is 1. The summed E-state index contributed by atoms with van der Waals surface area (Å²) in [5.74, 6) is 0.911. The molecule has 0 unspecified atom stereocenters. The Kier molecular flexibility index (Phi) is 4.23. The van der Waals surface area contributed by atoms with Gasteiger partial charge in [0.15, 0.2) is 0 Å². The molecule has 0 aliphatic carbocycles. The molecule has 0 spiro atoms. The molecule has 1 amide bonds. The minimum atomic E-state index is -0.169. The molecule has 0 saturated carbocycles. The topological polar surface area (TPSA) is 70.8 Å². The molecule has 0 radical (unpaired) electrons. The van der Waals surface area contributed by atoms with Gasteiger partial charge >= 0.3 is 0 Å². The largest absolute Gasteiger partial charge is 0.341 e. The summed E-state index contributed by atoms with van der Waals surface area (Å²) in [6.45, 7) is 6.56.